The van der Waals surface area contributed by atoms with Crippen LogP contribution in [0, 0.1) is 0 Å². The normalized spacial score (nSPS) is 12.7. The van der Waals surface area contributed by atoms with Crippen molar-refractivity contribution in [2.45, 2.75) is 6.04 Å². The van der Waals surface area contributed by atoms with Crippen molar-refractivity contribution in [1.82, 2.24) is 10.2 Å². The van der Waals surface area contributed by atoms with Gasteiger partial charge in [-0.1, -0.05) is 29.3 Å². The Morgan fingerprint density at radius 2 is 1.74 bits per heavy atom. The summed E-state index contributed by atoms with van der Waals surface area (Å²) in [4.78, 5) is 14.6. The van der Waals surface area contributed by atoms with Crippen LogP contribution in [-0.2, 0) is 10.0 Å². The third-order valence-corrected chi connectivity index (χ3v) is 4.81. The van der Waals surface area contributed by atoms with Crippen LogP contribution in [0.3, 0.4) is 0 Å². The Morgan fingerprint density at radius 1 is 1.11 bits per heavy atom. The highest BCUT2D eigenvalue weighted by molar-refractivity contribution is 7.92. The first kappa shape index (κ1) is 21.5. The molecule has 0 fully saturated rings. The number of anilines is 1. The molecule has 2 rings (SSSR count). The van der Waals surface area contributed by atoms with E-state index in [0.29, 0.717) is 27.8 Å². The van der Waals surface area contributed by atoms with E-state index in [9.17, 15) is 13.2 Å². The van der Waals surface area contributed by atoms with Crippen LogP contribution in [-0.4, -0.2) is 46.1 Å². The molecule has 2 aromatic rings. The first-order valence-electron chi connectivity index (χ1n) is 8.03. The Bertz CT molecular complexity index is 916. The van der Waals surface area contributed by atoms with Gasteiger partial charge in [0.2, 0.25) is 10.0 Å². The van der Waals surface area contributed by atoms with Gasteiger partial charge in [0.05, 0.1) is 12.3 Å². The van der Waals surface area contributed by atoms with Crippen molar-refractivity contribution in [3.05, 3.63) is 63.6 Å². The smallest absolute Gasteiger partial charge is 0.251 e. The summed E-state index contributed by atoms with van der Waals surface area (Å²) in [7, 11) is 0.426. The van der Waals surface area contributed by atoms with Gasteiger partial charge in [0.15, 0.2) is 0 Å². The van der Waals surface area contributed by atoms with Crippen LogP contribution in [0.15, 0.2) is 42.5 Å². The molecule has 0 aromatic heterocycles. The summed E-state index contributed by atoms with van der Waals surface area (Å²) in [6.07, 6.45) is 1.06. The van der Waals surface area contributed by atoms with Gasteiger partial charge in [0.25, 0.3) is 5.91 Å². The number of nitrogens with one attached hydrogen (secondary N) is 2. The van der Waals surface area contributed by atoms with Gasteiger partial charge in [-0.15, -0.1) is 0 Å². The number of halogens is 2. The number of amides is 1. The summed E-state index contributed by atoms with van der Waals surface area (Å²) in [5.74, 6) is -0.293. The Balaban J connectivity index is 2.20. The molecule has 0 aliphatic rings. The van der Waals surface area contributed by atoms with Crippen LogP contribution in [0.2, 0.25) is 10.0 Å². The maximum atomic E-state index is 12.6. The first-order valence-corrected chi connectivity index (χ1v) is 10.7. The van der Waals surface area contributed by atoms with Crippen LogP contribution in [0.4, 0.5) is 5.69 Å². The molecule has 0 aliphatic heterocycles. The molecule has 0 saturated carbocycles. The fourth-order valence-corrected chi connectivity index (χ4v) is 3.62. The highest BCUT2D eigenvalue weighted by Gasteiger charge is 2.19. The van der Waals surface area contributed by atoms with Gasteiger partial charge in [-0.2, -0.15) is 0 Å². The molecular formula is C18H21Cl2N3O3S. The summed E-state index contributed by atoms with van der Waals surface area (Å²) in [6, 6.07) is 11.0. The molecule has 0 unspecified atom stereocenters. The second kappa shape index (κ2) is 8.93. The van der Waals surface area contributed by atoms with Crippen molar-refractivity contribution in [2.75, 3.05) is 31.6 Å². The van der Waals surface area contributed by atoms with Gasteiger partial charge in [-0.05, 0) is 56.1 Å². The predicted octanol–water partition coefficient (Wildman–Crippen LogP) is 3.40. The highest BCUT2D eigenvalue weighted by Crippen LogP contribution is 2.27. The van der Waals surface area contributed by atoms with Crippen molar-refractivity contribution in [2.24, 2.45) is 0 Å². The average molecular weight is 430 g/mol. The van der Waals surface area contributed by atoms with Crippen LogP contribution >= 0.6 is 23.2 Å². The number of carbonyl (C=O) groups excluding carboxylic acids is 1. The molecule has 1 amide bonds. The molecule has 0 heterocycles. The number of hydrogen-bond acceptors (Lipinski definition) is 4. The monoisotopic (exact) mass is 429 g/mol. The minimum Gasteiger partial charge on any atom is -0.344 e. The van der Waals surface area contributed by atoms with Crippen molar-refractivity contribution < 1.29 is 13.2 Å². The molecule has 146 valence electrons. The zero-order valence-electron chi connectivity index (χ0n) is 15.2. The fourth-order valence-electron chi connectivity index (χ4n) is 2.52. The zero-order valence-corrected chi connectivity index (χ0v) is 17.5. The molecule has 2 N–H and O–H groups in total. The van der Waals surface area contributed by atoms with Crippen molar-refractivity contribution in [3.8, 4) is 0 Å². The van der Waals surface area contributed by atoms with Gasteiger partial charge in [-0.3, -0.25) is 9.52 Å². The van der Waals surface area contributed by atoms with E-state index >= 15 is 0 Å². The molecule has 0 saturated heterocycles. The third kappa shape index (κ3) is 6.70. The molecule has 0 radical (unpaired) electrons. The van der Waals surface area contributed by atoms with E-state index in [1.807, 2.05) is 19.0 Å². The molecule has 0 spiro atoms. The second-order valence-electron chi connectivity index (χ2n) is 6.41. The third-order valence-electron chi connectivity index (χ3n) is 3.64. The van der Waals surface area contributed by atoms with E-state index in [1.54, 1.807) is 30.3 Å². The standard InChI is InChI=1S/C18H21Cl2N3O3S/c1-23(2)11-17(15-9-6-13(19)10-16(15)20)21-18(24)12-4-7-14(8-5-12)22-27(3,25)26/h4-10,17,22H,11H2,1-3H3,(H,21,24)/t17-/m0/s1. The van der Waals surface area contributed by atoms with E-state index in [0.717, 1.165) is 11.8 Å². The van der Waals surface area contributed by atoms with E-state index in [4.69, 9.17) is 23.2 Å². The van der Waals surface area contributed by atoms with E-state index < -0.39 is 10.0 Å². The molecule has 27 heavy (non-hydrogen) atoms. The maximum absolute atomic E-state index is 12.6. The highest BCUT2D eigenvalue weighted by atomic mass is 35.5. The number of rotatable bonds is 7. The Kier molecular flexibility index (Phi) is 7.11. The van der Waals surface area contributed by atoms with E-state index in [-0.39, 0.29) is 11.9 Å². The van der Waals surface area contributed by atoms with Gasteiger partial charge in [0.1, 0.15) is 0 Å². The van der Waals surface area contributed by atoms with Gasteiger partial charge in [-0.25, -0.2) is 8.42 Å². The Labute approximate surface area is 169 Å². The number of likely N-dealkylation sites (N-methyl/N-ethyl adjacent to an activating group) is 1. The molecule has 6 nitrogen and oxygen atoms in total. The largest absolute Gasteiger partial charge is 0.344 e. The van der Waals surface area contributed by atoms with Crippen molar-refractivity contribution in [1.29, 1.82) is 0 Å². The van der Waals surface area contributed by atoms with Crippen LogP contribution in [0.1, 0.15) is 22.0 Å². The van der Waals surface area contributed by atoms with Gasteiger partial charge in [0, 0.05) is 27.8 Å². The van der Waals surface area contributed by atoms with Gasteiger partial charge < -0.3 is 10.2 Å². The number of nitrogens with zero attached hydrogens (tertiary/aromatic N) is 1. The lowest BCUT2D eigenvalue weighted by Gasteiger charge is -2.24. The van der Waals surface area contributed by atoms with Gasteiger partial charge >= 0.3 is 0 Å². The first-order chi connectivity index (χ1) is 12.5. The Hall–Kier alpha value is -1.80. The van der Waals surface area contributed by atoms with Crippen LogP contribution in [0.5, 0.6) is 0 Å². The Morgan fingerprint density at radius 3 is 2.26 bits per heavy atom. The summed E-state index contributed by atoms with van der Waals surface area (Å²) in [6.45, 7) is 0.542. The predicted molar refractivity (Wildman–Crippen MR) is 110 cm³/mol. The zero-order chi connectivity index (χ0) is 20.2. The number of sulfonamides is 1. The topological polar surface area (TPSA) is 78.5 Å². The number of hydrogen-bond donors (Lipinski definition) is 2. The molecular weight excluding hydrogens is 409 g/mol. The van der Waals surface area contributed by atoms with E-state index in [2.05, 4.69) is 10.0 Å². The van der Waals surface area contributed by atoms with Crippen molar-refractivity contribution in [3.63, 3.8) is 0 Å². The summed E-state index contributed by atoms with van der Waals surface area (Å²) < 4.78 is 24.9. The van der Waals surface area contributed by atoms with Crippen molar-refractivity contribution >= 4 is 44.8 Å². The molecule has 9 heteroatoms. The molecule has 0 aliphatic carbocycles. The molecule has 0 bridgehead atoms. The summed E-state index contributed by atoms with van der Waals surface area (Å²) >= 11 is 12.3. The maximum Gasteiger partial charge on any atom is 0.251 e. The molecule has 1 atom stereocenters. The fraction of sp³-hybridized carbons (Fsp3) is 0.278. The SMILES string of the molecule is CN(C)C[C@H](NC(=O)c1ccc(NS(C)(=O)=O)cc1)c1ccc(Cl)cc1Cl. The summed E-state index contributed by atoms with van der Waals surface area (Å²) in [5.41, 5.74) is 1.56. The summed E-state index contributed by atoms with van der Waals surface area (Å²) in [5, 5.41) is 3.96. The minimum absolute atomic E-state index is 0.293. The lowest BCUT2D eigenvalue weighted by Crippen LogP contribution is -2.35. The quantitative estimate of drug-likeness (QED) is 0.706. The lowest BCUT2D eigenvalue weighted by molar-refractivity contribution is 0.0930. The second-order valence-corrected chi connectivity index (χ2v) is 9.00. The van der Waals surface area contributed by atoms with Crippen LogP contribution in [0.25, 0.3) is 0 Å². The minimum atomic E-state index is -3.37. The lowest BCUT2D eigenvalue weighted by atomic mass is 10.1. The average Bonchev–Trinajstić information content (AvgIpc) is 2.53. The van der Waals surface area contributed by atoms with Crippen LogP contribution < -0.4 is 10.0 Å². The van der Waals surface area contributed by atoms with E-state index in [1.165, 1.54) is 12.1 Å². The molecule has 2 aromatic carbocycles. The number of carbonyl (C=O) groups is 1. The number of benzene rings is 2.